The number of carbonyl (C=O) groups is 1. The summed E-state index contributed by atoms with van der Waals surface area (Å²) in [4.78, 5) is 10.4. The van der Waals surface area contributed by atoms with Crippen molar-refractivity contribution in [3.05, 3.63) is 0 Å². The van der Waals surface area contributed by atoms with Crippen molar-refractivity contribution in [1.82, 2.24) is 0 Å². The summed E-state index contributed by atoms with van der Waals surface area (Å²) >= 11 is 0. The molecule has 5 heteroatoms. The number of rotatable bonds is 6. The van der Waals surface area contributed by atoms with E-state index in [1.54, 1.807) is 0 Å². The highest BCUT2D eigenvalue weighted by Crippen LogP contribution is 2.36. The lowest BCUT2D eigenvalue weighted by atomic mass is 10.2. The molecule has 4 nitrogen and oxygen atoms in total. The number of carboxylic acids is 1. The average molecular weight is 247 g/mol. The van der Waals surface area contributed by atoms with E-state index in [1.165, 1.54) is 0 Å². The lowest BCUT2D eigenvalue weighted by Gasteiger charge is -2.36. The molecule has 0 aliphatic rings. The van der Waals surface area contributed by atoms with Gasteiger partial charge in [0.25, 0.3) is 0 Å². The predicted molar refractivity (Wildman–Crippen MR) is 68.0 cm³/mol. The lowest BCUT2D eigenvalue weighted by Crippen LogP contribution is -2.41. The summed E-state index contributed by atoms with van der Waals surface area (Å²) in [5, 5.41) is 8.74. The molecular formula is C11H25NO3Si. The van der Waals surface area contributed by atoms with Gasteiger partial charge in [0.2, 0.25) is 0 Å². The highest BCUT2D eigenvalue weighted by Gasteiger charge is 2.36. The van der Waals surface area contributed by atoms with E-state index in [0.717, 1.165) is 0 Å². The Morgan fingerprint density at radius 2 is 1.94 bits per heavy atom. The molecule has 0 heterocycles. The van der Waals surface area contributed by atoms with Crippen LogP contribution in [0.4, 0.5) is 0 Å². The van der Waals surface area contributed by atoms with E-state index in [9.17, 15) is 4.79 Å². The fourth-order valence-corrected chi connectivity index (χ4v) is 2.07. The molecule has 0 aromatic carbocycles. The van der Waals surface area contributed by atoms with Crippen LogP contribution in [0, 0.1) is 0 Å². The predicted octanol–water partition coefficient (Wildman–Crippen LogP) is 2.20. The van der Waals surface area contributed by atoms with Crippen LogP contribution in [0.25, 0.3) is 0 Å². The third-order valence-corrected chi connectivity index (χ3v) is 7.73. The maximum Gasteiger partial charge on any atom is 0.304 e. The summed E-state index contributed by atoms with van der Waals surface area (Å²) in [5.41, 5.74) is 5.67. The Balaban J connectivity index is 3.94. The van der Waals surface area contributed by atoms with E-state index < -0.39 is 14.3 Å². The van der Waals surface area contributed by atoms with E-state index in [1.807, 2.05) is 0 Å². The molecular weight excluding hydrogens is 222 g/mol. The van der Waals surface area contributed by atoms with E-state index in [-0.39, 0.29) is 17.5 Å². The van der Waals surface area contributed by atoms with E-state index in [0.29, 0.717) is 13.0 Å². The Hall–Kier alpha value is -0.393. The fraction of sp³-hybridized carbons (Fsp3) is 0.909. The van der Waals surface area contributed by atoms with Gasteiger partial charge < -0.3 is 15.3 Å². The molecule has 0 radical (unpaired) electrons. The van der Waals surface area contributed by atoms with Crippen LogP contribution in [0.15, 0.2) is 0 Å². The van der Waals surface area contributed by atoms with Crippen molar-refractivity contribution < 1.29 is 14.3 Å². The van der Waals surface area contributed by atoms with Gasteiger partial charge in [0.1, 0.15) is 0 Å². The van der Waals surface area contributed by atoms with Gasteiger partial charge in [-0.1, -0.05) is 20.8 Å². The molecule has 3 N–H and O–H groups in total. The zero-order valence-corrected chi connectivity index (χ0v) is 12.0. The van der Waals surface area contributed by atoms with Crippen molar-refractivity contribution in [3.8, 4) is 0 Å². The minimum Gasteiger partial charge on any atom is -0.481 e. The summed E-state index contributed by atoms with van der Waals surface area (Å²) in [6.07, 6.45) is 0.625. The molecule has 0 rings (SSSR count). The van der Waals surface area contributed by atoms with Crippen molar-refractivity contribution in [2.24, 2.45) is 5.73 Å². The summed E-state index contributed by atoms with van der Waals surface area (Å²) in [6, 6.07) is -0.303. The van der Waals surface area contributed by atoms with E-state index in [2.05, 4.69) is 33.9 Å². The van der Waals surface area contributed by atoms with Gasteiger partial charge in [0.15, 0.2) is 8.32 Å². The Morgan fingerprint density at radius 3 is 2.31 bits per heavy atom. The molecule has 16 heavy (non-hydrogen) atoms. The number of nitrogens with two attached hydrogens (primary N) is 1. The van der Waals surface area contributed by atoms with Crippen LogP contribution in [-0.4, -0.2) is 32.0 Å². The normalized spacial score (nSPS) is 14.9. The van der Waals surface area contributed by atoms with Gasteiger partial charge in [-0.3, -0.25) is 4.79 Å². The largest absolute Gasteiger partial charge is 0.481 e. The van der Waals surface area contributed by atoms with Crippen LogP contribution in [0.3, 0.4) is 0 Å². The van der Waals surface area contributed by atoms with Crippen LogP contribution in [0.2, 0.25) is 18.1 Å². The second-order valence-electron chi connectivity index (χ2n) is 5.76. The summed E-state index contributed by atoms with van der Waals surface area (Å²) in [6.45, 7) is 11.4. The second kappa shape index (κ2) is 5.79. The first-order chi connectivity index (χ1) is 7.06. The molecule has 0 aliphatic heterocycles. The SMILES string of the molecule is CC(C)(C)[Si](C)(C)OCC[C@@H](N)CC(=O)O. The van der Waals surface area contributed by atoms with E-state index >= 15 is 0 Å². The number of carboxylic acid groups (broad SMARTS) is 1. The Bertz CT molecular complexity index is 236. The Kier molecular flexibility index (Phi) is 5.65. The van der Waals surface area contributed by atoms with Gasteiger partial charge >= 0.3 is 5.97 Å². The van der Waals surface area contributed by atoms with Crippen LogP contribution in [0.5, 0.6) is 0 Å². The first kappa shape index (κ1) is 15.6. The van der Waals surface area contributed by atoms with Gasteiger partial charge in [-0.25, -0.2) is 0 Å². The maximum absolute atomic E-state index is 10.4. The van der Waals surface area contributed by atoms with Crippen molar-refractivity contribution in [2.75, 3.05) is 6.61 Å². The first-order valence-corrected chi connectivity index (χ1v) is 8.58. The molecule has 0 saturated heterocycles. The molecule has 0 aromatic rings. The zero-order valence-electron chi connectivity index (χ0n) is 11.0. The van der Waals surface area contributed by atoms with Crippen LogP contribution in [0.1, 0.15) is 33.6 Å². The summed E-state index contributed by atoms with van der Waals surface area (Å²) in [7, 11) is -1.71. The average Bonchev–Trinajstić information content (AvgIpc) is 1.99. The molecule has 1 atom stereocenters. The molecule has 0 spiro atoms. The topological polar surface area (TPSA) is 72.5 Å². The zero-order chi connectivity index (χ0) is 13.0. The van der Waals surface area contributed by atoms with Gasteiger partial charge in [0.05, 0.1) is 6.42 Å². The molecule has 0 unspecified atom stereocenters. The summed E-state index contributed by atoms with van der Waals surface area (Å²) < 4.78 is 5.91. The van der Waals surface area contributed by atoms with E-state index in [4.69, 9.17) is 15.3 Å². The molecule has 0 bridgehead atoms. The first-order valence-electron chi connectivity index (χ1n) is 5.67. The van der Waals surface area contributed by atoms with Crippen LogP contribution in [-0.2, 0) is 9.22 Å². The quantitative estimate of drug-likeness (QED) is 0.706. The van der Waals surface area contributed by atoms with Crippen molar-refractivity contribution in [2.45, 2.75) is 57.8 Å². The monoisotopic (exact) mass is 247 g/mol. The minimum atomic E-state index is -1.71. The second-order valence-corrected chi connectivity index (χ2v) is 10.6. The highest BCUT2D eigenvalue weighted by atomic mass is 28.4. The third kappa shape index (κ3) is 5.63. The Morgan fingerprint density at radius 1 is 1.44 bits per heavy atom. The van der Waals surface area contributed by atoms with Crippen molar-refractivity contribution in [3.63, 3.8) is 0 Å². The molecule has 0 aliphatic carbocycles. The fourth-order valence-electron chi connectivity index (χ4n) is 1.01. The van der Waals surface area contributed by atoms with Gasteiger partial charge in [0, 0.05) is 12.6 Å². The molecule has 0 fully saturated rings. The standard InChI is InChI=1S/C11H25NO3Si/c1-11(2,3)16(4,5)15-7-6-9(12)8-10(13)14/h9H,6-8,12H2,1-5H3,(H,13,14)/t9-/m1/s1. The van der Waals surface area contributed by atoms with Crippen LogP contribution >= 0.6 is 0 Å². The number of aliphatic carboxylic acids is 1. The molecule has 0 saturated carbocycles. The molecule has 0 aromatic heterocycles. The number of hydrogen-bond donors (Lipinski definition) is 2. The van der Waals surface area contributed by atoms with Crippen molar-refractivity contribution >= 4 is 14.3 Å². The maximum atomic E-state index is 10.4. The highest BCUT2D eigenvalue weighted by molar-refractivity contribution is 6.74. The van der Waals surface area contributed by atoms with Crippen LogP contribution < -0.4 is 5.73 Å². The van der Waals surface area contributed by atoms with Gasteiger partial charge in [-0.05, 0) is 24.6 Å². The molecule has 96 valence electrons. The smallest absolute Gasteiger partial charge is 0.304 e. The third-order valence-electron chi connectivity index (χ3n) is 3.19. The lowest BCUT2D eigenvalue weighted by molar-refractivity contribution is -0.137. The minimum absolute atomic E-state index is 0.0147. The Labute approximate surface area is 99.3 Å². The van der Waals surface area contributed by atoms with Gasteiger partial charge in [-0.15, -0.1) is 0 Å². The van der Waals surface area contributed by atoms with Crippen molar-refractivity contribution in [1.29, 1.82) is 0 Å². The molecule has 0 amide bonds. The number of hydrogen-bond acceptors (Lipinski definition) is 3. The van der Waals surface area contributed by atoms with Gasteiger partial charge in [-0.2, -0.15) is 0 Å². The summed E-state index contributed by atoms with van der Waals surface area (Å²) in [5.74, 6) is -0.847.